The third-order valence-corrected chi connectivity index (χ3v) is 4.54. The Hall–Kier alpha value is -1.19. The van der Waals surface area contributed by atoms with Gasteiger partial charge in [0, 0.05) is 11.6 Å². The summed E-state index contributed by atoms with van der Waals surface area (Å²) < 4.78 is 13.1. The number of hydrogen-bond acceptors (Lipinski definition) is 2. The van der Waals surface area contributed by atoms with Gasteiger partial charge in [-0.3, -0.25) is 0 Å². The SMILES string of the molecule is C=CCC(N)(CC(N)C(C)C(C)(C)C)c1ccc(F)cc1. The van der Waals surface area contributed by atoms with Crippen LogP contribution in [0.5, 0.6) is 0 Å². The fraction of sp³-hybridized carbons (Fsp3) is 0.556. The Morgan fingerprint density at radius 2 is 1.76 bits per heavy atom. The van der Waals surface area contributed by atoms with Crippen molar-refractivity contribution in [1.29, 1.82) is 0 Å². The van der Waals surface area contributed by atoms with Crippen LogP contribution < -0.4 is 11.5 Å². The molecule has 0 amide bonds. The topological polar surface area (TPSA) is 52.0 Å². The van der Waals surface area contributed by atoms with E-state index in [-0.39, 0.29) is 17.3 Å². The van der Waals surface area contributed by atoms with Gasteiger partial charge in [0.1, 0.15) is 5.82 Å². The van der Waals surface area contributed by atoms with Gasteiger partial charge in [-0.05, 0) is 41.9 Å². The Morgan fingerprint density at radius 3 is 2.19 bits per heavy atom. The minimum Gasteiger partial charge on any atom is -0.327 e. The molecule has 0 heterocycles. The van der Waals surface area contributed by atoms with Crippen molar-refractivity contribution < 1.29 is 4.39 Å². The van der Waals surface area contributed by atoms with Crippen molar-refractivity contribution in [3.05, 3.63) is 48.3 Å². The zero-order chi connectivity index (χ0) is 16.3. The van der Waals surface area contributed by atoms with Crippen LogP contribution in [0.15, 0.2) is 36.9 Å². The summed E-state index contributed by atoms with van der Waals surface area (Å²) in [5, 5.41) is 0. The Morgan fingerprint density at radius 1 is 1.24 bits per heavy atom. The van der Waals surface area contributed by atoms with E-state index >= 15 is 0 Å². The van der Waals surface area contributed by atoms with E-state index in [0.29, 0.717) is 18.8 Å². The predicted molar refractivity (Wildman–Crippen MR) is 88.3 cm³/mol. The van der Waals surface area contributed by atoms with Gasteiger partial charge in [-0.1, -0.05) is 45.9 Å². The van der Waals surface area contributed by atoms with E-state index in [4.69, 9.17) is 11.5 Å². The molecule has 0 spiro atoms. The van der Waals surface area contributed by atoms with Crippen LogP contribution in [0.1, 0.15) is 46.1 Å². The van der Waals surface area contributed by atoms with Crippen LogP contribution in [0, 0.1) is 17.2 Å². The first kappa shape index (κ1) is 17.9. The van der Waals surface area contributed by atoms with Gasteiger partial charge < -0.3 is 11.5 Å². The minimum atomic E-state index is -0.603. The maximum absolute atomic E-state index is 13.1. The number of halogens is 1. The third-order valence-electron chi connectivity index (χ3n) is 4.54. The molecule has 0 saturated carbocycles. The van der Waals surface area contributed by atoms with Crippen molar-refractivity contribution in [2.45, 2.75) is 52.1 Å². The van der Waals surface area contributed by atoms with Gasteiger partial charge in [0.2, 0.25) is 0 Å². The molecule has 21 heavy (non-hydrogen) atoms. The van der Waals surface area contributed by atoms with Crippen molar-refractivity contribution in [3.63, 3.8) is 0 Å². The van der Waals surface area contributed by atoms with Crippen LogP contribution >= 0.6 is 0 Å². The molecule has 3 atom stereocenters. The second-order valence-corrected chi connectivity index (χ2v) is 7.18. The second-order valence-electron chi connectivity index (χ2n) is 7.18. The molecule has 1 aromatic carbocycles. The summed E-state index contributed by atoms with van der Waals surface area (Å²) in [5.74, 6) is 0.0674. The van der Waals surface area contributed by atoms with E-state index in [0.717, 1.165) is 5.56 Å². The molecule has 1 rings (SSSR count). The molecule has 0 aliphatic rings. The van der Waals surface area contributed by atoms with Crippen LogP contribution in [0.2, 0.25) is 0 Å². The molecular weight excluding hydrogens is 263 g/mol. The molecule has 0 bridgehead atoms. The van der Waals surface area contributed by atoms with Gasteiger partial charge in [-0.25, -0.2) is 4.39 Å². The number of nitrogens with two attached hydrogens (primary N) is 2. The molecule has 0 saturated heterocycles. The highest BCUT2D eigenvalue weighted by molar-refractivity contribution is 5.26. The fourth-order valence-electron chi connectivity index (χ4n) is 2.60. The van der Waals surface area contributed by atoms with Crippen LogP contribution in [0.25, 0.3) is 0 Å². The summed E-state index contributed by atoms with van der Waals surface area (Å²) in [6, 6.07) is 6.35. The van der Waals surface area contributed by atoms with Crippen molar-refractivity contribution in [3.8, 4) is 0 Å². The number of hydrogen-bond donors (Lipinski definition) is 2. The molecule has 0 radical (unpaired) electrons. The maximum atomic E-state index is 13.1. The smallest absolute Gasteiger partial charge is 0.123 e. The summed E-state index contributed by atoms with van der Waals surface area (Å²) in [7, 11) is 0. The predicted octanol–water partition coefficient (Wildman–Crippen LogP) is 3.96. The number of rotatable bonds is 6. The lowest BCUT2D eigenvalue weighted by Crippen LogP contribution is -2.46. The van der Waals surface area contributed by atoms with Gasteiger partial charge >= 0.3 is 0 Å². The fourth-order valence-corrected chi connectivity index (χ4v) is 2.60. The summed E-state index contributed by atoms with van der Waals surface area (Å²) >= 11 is 0. The molecule has 3 unspecified atom stereocenters. The van der Waals surface area contributed by atoms with E-state index in [9.17, 15) is 4.39 Å². The molecule has 0 fully saturated rings. The summed E-state index contributed by atoms with van der Waals surface area (Å²) in [6.45, 7) is 12.5. The van der Waals surface area contributed by atoms with E-state index < -0.39 is 5.54 Å². The Kier molecular flexibility index (Phi) is 5.71. The number of benzene rings is 1. The molecule has 3 heteroatoms. The molecule has 1 aromatic rings. The third kappa shape index (κ3) is 4.65. The van der Waals surface area contributed by atoms with Crippen LogP contribution in [-0.2, 0) is 5.54 Å². The molecule has 0 aromatic heterocycles. The lowest BCUT2D eigenvalue weighted by Gasteiger charge is -2.38. The van der Waals surface area contributed by atoms with E-state index in [1.807, 2.05) is 0 Å². The zero-order valence-electron chi connectivity index (χ0n) is 13.7. The van der Waals surface area contributed by atoms with Crippen molar-refractivity contribution >= 4 is 0 Å². The lowest BCUT2D eigenvalue weighted by molar-refractivity contribution is 0.191. The molecular formula is C18H29FN2. The first-order valence-corrected chi connectivity index (χ1v) is 7.51. The van der Waals surface area contributed by atoms with E-state index in [1.54, 1.807) is 18.2 Å². The van der Waals surface area contributed by atoms with Crippen LogP contribution in [0.3, 0.4) is 0 Å². The monoisotopic (exact) mass is 292 g/mol. The van der Waals surface area contributed by atoms with Gasteiger partial charge in [-0.2, -0.15) is 0 Å². The van der Waals surface area contributed by atoms with Crippen molar-refractivity contribution in [1.82, 2.24) is 0 Å². The summed E-state index contributed by atoms with van der Waals surface area (Å²) in [4.78, 5) is 0. The minimum absolute atomic E-state index is 0.0278. The van der Waals surface area contributed by atoms with Crippen LogP contribution in [-0.4, -0.2) is 6.04 Å². The second kappa shape index (κ2) is 6.71. The van der Waals surface area contributed by atoms with Gasteiger partial charge in [0.15, 0.2) is 0 Å². The molecule has 0 aliphatic heterocycles. The highest BCUT2D eigenvalue weighted by Gasteiger charge is 2.34. The summed E-state index contributed by atoms with van der Waals surface area (Å²) in [5.41, 5.74) is 13.4. The molecule has 0 aliphatic carbocycles. The first-order valence-electron chi connectivity index (χ1n) is 7.51. The molecule has 118 valence electrons. The van der Waals surface area contributed by atoms with Gasteiger partial charge in [0.25, 0.3) is 0 Å². The average Bonchev–Trinajstić information content (AvgIpc) is 2.37. The van der Waals surface area contributed by atoms with E-state index in [1.165, 1.54) is 12.1 Å². The van der Waals surface area contributed by atoms with Crippen molar-refractivity contribution in [2.75, 3.05) is 0 Å². The van der Waals surface area contributed by atoms with Gasteiger partial charge in [0.05, 0.1) is 0 Å². The van der Waals surface area contributed by atoms with Crippen molar-refractivity contribution in [2.24, 2.45) is 22.8 Å². The standard InChI is InChI=1S/C18H29FN2/c1-6-11-18(21,14-7-9-15(19)10-8-14)12-16(20)13(2)17(3,4)5/h6-10,13,16H,1,11-12,20-21H2,2-5H3. The normalized spacial score (nSPS) is 17.9. The summed E-state index contributed by atoms with van der Waals surface area (Å²) in [6.07, 6.45) is 3.06. The largest absolute Gasteiger partial charge is 0.327 e. The Labute approximate surface area is 128 Å². The quantitative estimate of drug-likeness (QED) is 0.780. The van der Waals surface area contributed by atoms with Gasteiger partial charge in [-0.15, -0.1) is 6.58 Å². The van der Waals surface area contributed by atoms with E-state index in [2.05, 4.69) is 34.3 Å². The highest BCUT2D eigenvalue weighted by Crippen LogP contribution is 2.34. The first-order chi connectivity index (χ1) is 9.60. The Balaban J connectivity index is 3.00. The highest BCUT2D eigenvalue weighted by atomic mass is 19.1. The Bertz CT molecular complexity index is 461. The maximum Gasteiger partial charge on any atom is 0.123 e. The zero-order valence-corrected chi connectivity index (χ0v) is 13.7. The molecule has 4 N–H and O–H groups in total. The molecule has 2 nitrogen and oxygen atoms in total. The average molecular weight is 292 g/mol. The lowest BCUT2D eigenvalue weighted by atomic mass is 9.72. The van der Waals surface area contributed by atoms with Crippen LogP contribution in [0.4, 0.5) is 4.39 Å².